The lowest BCUT2D eigenvalue weighted by Crippen LogP contribution is -2.35. The molecule has 0 radical (unpaired) electrons. The molecule has 4 rings (SSSR count). The van der Waals surface area contributed by atoms with Crippen LogP contribution in [0.15, 0.2) is 42.6 Å². The first-order valence-corrected chi connectivity index (χ1v) is 10.9. The number of ether oxygens (including phenoxy) is 2. The molecule has 0 bridgehead atoms. The maximum atomic E-state index is 12.5. The van der Waals surface area contributed by atoms with Crippen molar-refractivity contribution in [1.82, 2.24) is 20.5 Å². The summed E-state index contributed by atoms with van der Waals surface area (Å²) in [5.74, 6) is 0.754. The summed E-state index contributed by atoms with van der Waals surface area (Å²) in [6.45, 7) is -3.34. The molecule has 0 aliphatic heterocycles. The van der Waals surface area contributed by atoms with E-state index in [2.05, 4.69) is 36.6 Å². The molecule has 1 aromatic carbocycles. The largest absolute Gasteiger partial charge is 0.473 e. The molecule has 178 valence electrons. The average Bonchev–Trinajstić information content (AvgIpc) is 3.24. The Morgan fingerprint density at radius 3 is 2.71 bits per heavy atom. The second-order valence-electron chi connectivity index (χ2n) is 8.02. The van der Waals surface area contributed by atoms with Crippen LogP contribution in [0, 0.1) is 17.2 Å². The third kappa shape index (κ3) is 5.96. The Hall–Kier alpha value is -3.78. The number of nitrogens with one attached hydrogen (secondary N) is 3. The molecular formula is C23H24F2N6O3. The fourth-order valence-electron chi connectivity index (χ4n) is 3.90. The molecule has 2 heterocycles. The van der Waals surface area contributed by atoms with Crippen LogP contribution in [0.3, 0.4) is 0 Å². The number of nitrogens with zero attached hydrogens (tertiary/aromatic N) is 3. The molecule has 1 fully saturated rings. The number of nitriles is 1. The van der Waals surface area contributed by atoms with E-state index in [1.165, 1.54) is 0 Å². The molecule has 2 amide bonds. The predicted octanol–water partition coefficient (Wildman–Crippen LogP) is 4.52. The van der Waals surface area contributed by atoms with Gasteiger partial charge in [0, 0.05) is 18.2 Å². The van der Waals surface area contributed by atoms with Gasteiger partial charge in [-0.25, -0.2) is 9.78 Å². The molecule has 0 saturated heterocycles. The normalized spacial score (nSPS) is 18.9. The van der Waals surface area contributed by atoms with Crippen LogP contribution in [0.1, 0.15) is 37.3 Å². The highest BCUT2D eigenvalue weighted by atomic mass is 19.3. The Morgan fingerprint density at radius 2 is 2.00 bits per heavy atom. The second-order valence-corrected chi connectivity index (χ2v) is 8.02. The SMILES string of the molecule is N#CC1CCC(Oc2n[nH]c3cc(NC(=O)N[C@H](COC(F)F)c4ccccc4)ncc23)CC1. The summed E-state index contributed by atoms with van der Waals surface area (Å²) < 4.78 is 35.5. The molecule has 1 atom stereocenters. The number of anilines is 1. The third-order valence-corrected chi connectivity index (χ3v) is 5.69. The van der Waals surface area contributed by atoms with Crippen LogP contribution in [0.2, 0.25) is 0 Å². The van der Waals surface area contributed by atoms with E-state index in [0.29, 0.717) is 22.3 Å². The molecule has 0 spiro atoms. The molecule has 0 unspecified atom stereocenters. The Bertz CT molecular complexity index is 1140. The van der Waals surface area contributed by atoms with Crippen molar-refractivity contribution in [3.63, 3.8) is 0 Å². The van der Waals surface area contributed by atoms with E-state index >= 15 is 0 Å². The Morgan fingerprint density at radius 1 is 1.24 bits per heavy atom. The Balaban J connectivity index is 1.39. The number of aromatic amines is 1. The number of H-pyrrole nitrogens is 1. The van der Waals surface area contributed by atoms with Crippen LogP contribution in [-0.2, 0) is 4.74 Å². The number of aromatic nitrogens is 3. The minimum Gasteiger partial charge on any atom is -0.473 e. The number of carbonyl (C=O) groups is 1. The van der Waals surface area contributed by atoms with Crippen molar-refractivity contribution < 1.29 is 23.0 Å². The standard InChI is InChI=1S/C23H24F2N6O3/c24-22(25)33-13-19(15-4-2-1-3-5-15)28-23(32)29-20-10-18-17(12-27-20)21(31-30-18)34-16-8-6-14(11-26)7-9-16/h1-5,10,12,14,16,19,22H,6-9,13H2,(H,30,31)(H2,27,28,29,32)/t14?,16?,19-/m1/s1. The maximum absolute atomic E-state index is 12.5. The van der Waals surface area contributed by atoms with Crippen molar-refractivity contribution >= 4 is 22.8 Å². The van der Waals surface area contributed by atoms with Gasteiger partial charge in [0.05, 0.1) is 29.6 Å². The number of rotatable bonds is 8. The lowest BCUT2D eigenvalue weighted by molar-refractivity contribution is -0.133. The van der Waals surface area contributed by atoms with Gasteiger partial charge in [0.15, 0.2) is 0 Å². The monoisotopic (exact) mass is 470 g/mol. The van der Waals surface area contributed by atoms with E-state index < -0.39 is 18.7 Å². The average molecular weight is 470 g/mol. The van der Waals surface area contributed by atoms with E-state index in [1.54, 1.807) is 42.6 Å². The number of urea groups is 1. The van der Waals surface area contributed by atoms with Crippen LogP contribution in [0.4, 0.5) is 19.4 Å². The van der Waals surface area contributed by atoms with Crippen molar-refractivity contribution in [2.75, 3.05) is 11.9 Å². The van der Waals surface area contributed by atoms with E-state index in [0.717, 1.165) is 25.7 Å². The molecule has 9 nitrogen and oxygen atoms in total. The van der Waals surface area contributed by atoms with Crippen molar-refractivity contribution in [3.8, 4) is 11.9 Å². The van der Waals surface area contributed by atoms with Crippen molar-refractivity contribution in [1.29, 1.82) is 5.26 Å². The maximum Gasteiger partial charge on any atom is 0.345 e. The molecule has 2 aromatic heterocycles. The van der Waals surface area contributed by atoms with Gasteiger partial charge < -0.3 is 14.8 Å². The Labute approximate surface area is 194 Å². The molecule has 3 N–H and O–H groups in total. The highest BCUT2D eigenvalue weighted by Crippen LogP contribution is 2.30. The highest BCUT2D eigenvalue weighted by molar-refractivity contribution is 5.92. The first kappa shape index (κ1) is 23.4. The summed E-state index contributed by atoms with van der Waals surface area (Å²) in [5, 5.41) is 22.0. The zero-order valence-electron chi connectivity index (χ0n) is 18.2. The van der Waals surface area contributed by atoms with Gasteiger partial charge in [0.2, 0.25) is 5.88 Å². The topological polar surface area (TPSA) is 125 Å². The highest BCUT2D eigenvalue weighted by Gasteiger charge is 2.24. The van der Waals surface area contributed by atoms with Crippen molar-refractivity contribution in [2.45, 2.75) is 44.4 Å². The van der Waals surface area contributed by atoms with E-state index in [4.69, 9.17) is 10.00 Å². The van der Waals surface area contributed by atoms with Crippen molar-refractivity contribution in [3.05, 3.63) is 48.2 Å². The van der Waals surface area contributed by atoms with E-state index in [1.807, 2.05) is 0 Å². The van der Waals surface area contributed by atoms with Gasteiger partial charge in [-0.2, -0.15) is 14.0 Å². The van der Waals surface area contributed by atoms with Gasteiger partial charge >= 0.3 is 12.6 Å². The smallest absolute Gasteiger partial charge is 0.345 e. The number of alkyl halides is 2. The minimum atomic E-state index is -2.95. The van der Waals surface area contributed by atoms with Gasteiger partial charge in [-0.05, 0) is 31.2 Å². The molecule has 3 aromatic rings. The fraction of sp³-hybridized carbons (Fsp3) is 0.391. The molecule has 1 aliphatic carbocycles. The van der Waals surface area contributed by atoms with Gasteiger partial charge in [-0.3, -0.25) is 10.4 Å². The van der Waals surface area contributed by atoms with E-state index in [-0.39, 0.29) is 24.4 Å². The summed E-state index contributed by atoms with van der Waals surface area (Å²) in [6.07, 6.45) is 4.72. The summed E-state index contributed by atoms with van der Waals surface area (Å²) in [6, 6.07) is 11.2. The number of halogens is 2. The number of benzene rings is 1. The first-order chi connectivity index (χ1) is 16.5. The lowest BCUT2D eigenvalue weighted by atomic mass is 9.88. The van der Waals surface area contributed by atoms with Crippen molar-refractivity contribution in [2.24, 2.45) is 5.92 Å². The minimum absolute atomic E-state index is 0.00921. The van der Waals surface area contributed by atoms with Gasteiger partial charge in [-0.1, -0.05) is 30.3 Å². The van der Waals surface area contributed by atoms with Crippen LogP contribution >= 0.6 is 0 Å². The fourth-order valence-corrected chi connectivity index (χ4v) is 3.90. The quantitative estimate of drug-likeness (QED) is 0.445. The lowest BCUT2D eigenvalue weighted by Gasteiger charge is -2.24. The van der Waals surface area contributed by atoms with Crippen LogP contribution in [0.5, 0.6) is 5.88 Å². The zero-order chi connectivity index (χ0) is 23.9. The molecule has 1 aliphatic rings. The molecule has 1 saturated carbocycles. The van der Waals surface area contributed by atoms with Crippen LogP contribution < -0.4 is 15.4 Å². The number of carbonyl (C=O) groups excluding carboxylic acids is 1. The van der Waals surface area contributed by atoms with Gasteiger partial charge in [-0.15, -0.1) is 5.10 Å². The van der Waals surface area contributed by atoms with Gasteiger partial charge in [0.25, 0.3) is 0 Å². The third-order valence-electron chi connectivity index (χ3n) is 5.69. The van der Waals surface area contributed by atoms with Gasteiger partial charge in [0.1, 0.15) is 11.9 Å². The van der Waals surface area contributed by atoms with Crippen LogP contribution in [0.25, 0.3) is 10.9 Å². The summed E-state index contributed by atoms with van der Waals surface area (Å²) >= 11 is 0. The number of fused-ring (bicyclic) bond motifs is 1. The summed E-state index contributed by atoms with van der Waals surface area (Å²) in [5.41, 5.74) is 1.24. The number of hydrogen-bond donors (Lipinski definition) is 3. The second kappa shape index (κ2) is 10.9. The Kier molecular flexibility index (Phi) is 7.49. The summed E-state index contributed by atoms with van der Waals surface area (Å²) in [7, 11) is 0. The summed E-state index contributed by atoms with van der Waals surface area (Å²) in [4.78, 5) is 16.8. The first-order valence-electron chi connectivity index (χ1n) is 10.9. The number of pyridine rings is 1. The zero-order valence-corrected chi connectivity index (χ0v) is 18.2. The van der Waals surface area contributed by atoms with Crippen LogP contribution in [-0.4, -0.2) is 40.5 Å². The molecule has 34 heavy (non-hydrogen) atoms. The molecular weight excluding hydrogens is 446 g/mol. The predicted molar refractivity (Wildman–Crippen MR) is 119 cm³/mol. The number of hydrogen-bond acceptors (Lipinski definition) is 6. The molecule has 11 heteroatoms. The van der Waals surface area contributed by atoms with E-state index in [9.17, 15) is 13.6 Å². The number of amides is 2.